The Morgan fingerprint density at radius 1 is 1.22 bits per heavy atom. The molecule has 9 nitrogen and oxygen atoms in total. The van der Waals surface area contributed by atoms with Crippen LogP contribution in [-0.2, 0) is 11.2 Å². The zero-order valence-corrected chi connectivity index (χ0v) is 21.1. The molecule has 0 unspecified atom stereocenters. The van der Waals surface area contributed by atoms with Gasteiger partial charge in [0.15, 0.2) is 17.3 Å². The van der Waals surface area contributed by atoms with Gasteiger partial charge < -0.3 is 24.2 Å². The van der Waals surface area contributed by atoms with Gasteiger partial charge in [-0.15, -0.1) is 0 Å². The molecule has 1 saturated heterocycles. The fraction of sp³-hybridized carbons (Fsp3) is 0.308. The van der Waals surface area contributed by atoms with E-state index in [2.05, 4.69) is 20.4 Å². The van der Waals surface area contributed by atoms with Gasteiger partial charge in [-0.2, -0.15) is 0 Å². The minimum absolute atomic E-state index is 0.00533. The molecule has 37 heavy (non-hydrogen) atoms. The molecule has 1 fully saturated rings. The van der Waals surface area contributed by atoms with Crippen LogP contribution >= 0.6 is 11.6 Å². The Morgan fingerprint density at radius 2 is 2.03 bits per heavy atom. The van der Waals surface area contributed by atoms with Gasteiger partial charge in [-0.05, 0) is 25.1 Å². The number of aryl methyl sites for hydroxylation is 1. The van der Waals surface area contributed by atoms with E-state index in [0.29, 0.717) is 59.9 Å². The van der Waals surface area contributed by atoms with E-state index in [1.54, 1.807) is 37.4 Å². The van der Waals surface area contributed by atoms with Crippen LogP contribution in [0, 0.1) is 12.7 Å². The average Bonchev–Trinajstić information content (AvgIpc) is 3.31. The molecule has 0 bridgehead atoms. The molecule has 3 heterocycles. The number of rotatable bonds is 7. The Bertz CT molecular complexity index is 1440. The predicted molar refractivity (Wildman–Crippen MR) is 136 cm³/mol. The van der Waals surface area contributed by atoms with Gasteiger partial charge in [0, 0.05) is 43.5 Å². The Balaban J connectivity index is 1.29. The second kappa shape index (κ2) is 10.6. The lowest BCUT2D eigenvalue weighted by Crippen LogP contribution is -2.42. The molecule has 2 aromatic carbocycles. The molecule has 1 N–H and O–H groups in total. The number of benzene rings is 2. The summed E-state index contributed by atoms with van der Waals surface area (Å²) in [6, 6.07) is 10.0. The van der Waals surface area contributed by atoms with Crippen molar-refractivity contribution in [1.82, 2.24) is 20.0 Å². The summed E-state index contributed by atoms with van der Waals surface area (Å²) >= 11 is 5.91. The topological polar surface area (TPSA) is 103 Å². The molecule has 5 rings (SSSR count). The van der Waals surface area contributed by atoms with Gasteiger partial charge >= 0.3 is 0 Å². The summed E-state index contributed by atoms with van der Waals surface area (Å²) in [5.41, 5.74) is 1.56. The minimum atomic E-state index is -0.566. The average molecular weight is 526 g/mol. The zero-order valence-electron chi connectivity index (χ0n) is 20.3. The van der Waals surface area contributed by atoms with E-state index in [9.17, 15) is 9.18 Å². The molecule has 0 saturated carbocycles. The van der Waals surface area contributed by atoms with Gasteiger partial charge in [0.2, 0.25) is 5.91 Å². The van der Waals surface area contributed by atoms with E-state index < -0.39 is 5.82 Å². The van der Waals surface area contributed by atoms with E-state index >= 15 is 0 Å². The van der Waals surface area contributed by atoms with Gasteiger partial charge in [-0.25, -0.2) is 14.4 Å². The van der Waals surface area contributed by atoms with Crippen molar-refractivity contribution >= 4 is 39.9 Å². The number of anilines is 2. The number of carbonyl (C=O) groups excluding carboxylic acids is 1. The van der Waals surface area contributed by atoms with Crippen molar-refractivity contribution in [3.8, 4) is 11.5 Å². The third kappa shape index (κ3) is 5.43. The molecule has 0 aliphatic carbocycles. The third-order valence-corrected chi connectivity index (χ3v) is 6.51. The maximum atomic E-state index is 14.4. The monoisotopic (exact) mass is 525 g/mol. The second-order valence-electron chi connectivity index (χ2n) is 8.78. The summed E-state index contributed by atoms with van der Waals surface area (Å²) in [6.45, 7) is 2.98. The molecule has 0 atom stereocenters. The lowest BCUT2D eigenvalue weighted by atomic mass is 10.1. The second-order valence-corrected chi connectivity index (χ2v) is 9.19. The number of nitrogens with one attached hydrogen (secondary N) is 1. The normalized spacial score (nSPS) is 14.1. The first kappa shape index (κ1) is 24.8. The number of hydrogen-bond donors (Lipinski definition) is 1. The highest BCUT2D eigenvalue weighted by Crippen LogP contribution is 2.36. The highest BCUT2D eigenvalue weighted by molar-refractivity contribution is 6.31. The van der Waals surface area contributed by atoms with Gasteiger partial charge in [0.05, 0.1) is 35.5 Å². The smallest absolute Gasteiger partial charge is 0.230 e. The molecule has 11 heteroatoms. The number of methoxy groups -OCH3 is 1. The van der Waals surface area contributed by atoms with E-state index in [-0.39, 0.29) is 29.1 Å². The molecular weight excluding hydrogens is 501 g/mol. The number of aromatic nitrogens is 3. The zero-order chi connectivity index (χ0) is 25.9. The number of ether oxygens (including phenoxy) is 2. The van der Waals surface area contributed by atoms with E-state index in [4.69, 9.17) is 25.6 Å². The van der Waals surface area contributed by atoms with Crippen LogP contribution in [0.15, 0.2) is 47.2 Å². The highest BCUT2D eigenvalue weighted by Gasteiger charge is 2.26. The lowest BCUT2D eigenvalue weighted by molar-refractivity contribution is -0.132. The van der Waals surface area contributed by atoms with Crippen molar-refractivity contribution in [2.24, 2.45) is 0 Å². The van der Waals surface area contributed by atoms with Crippen LogP contribution in [0.1, 0.15) is 24.3 Å². The summed E-state index contributed by atoms with van der Waals surface area (Å²) in [5, 5.41) is 7.46. The molecule has 4 aromatic rings. The Morgan fingerprint density at radius 3 is 2.76 bits per heavy atom. The summed E-state index contributed by atoms with van der Waals surface area (Å²) in [5.74, 6) is 1.45. The third-order valence-electron chi connectivity index (χ3n) is 6.22. The number of fused-ring (bicyclic) bond motifs is 1. The SMILES string of the molecule is COc1cc2c(Nc3cccc(Cl)c3F)ncnc2cc1OC1CCN(C(=O)Cc2cc(C)no2)CC1. The van der Waals surface area contributed by atoms with E-state index in [0.717, 1.165) is 5.69 Å². The van der Waals surface area contributed by atoms with E-state index in [1.807, 2.05) is 11.8 Å². The standard InChI is InChI=1S/C26H25ClFN5O4/c1-15-10-17(37-32-15)11-24(34)33-8-6-16(7-9-33)36-23-13-21-18(12-22(23)35-2)26(30-14-29-21)31-20-5-3-4-19(27)25(20)28/h3-5,10,12-14,16H,6-9,11H2,1-2H3,(H,29,30,31). The lowest BCUT2D eigenvalue weighted by Gasteiger charge is -2.32. The quantitative estimate of drug-likeness (QED) is 0.356. The van der Waals surface area contributed by atoms with Crippen LogP contribution in [0.3, 0.4) is 0 Å². The largest absolute Gasteiger partial charge is 0.493 e. The van der Waals surface area contributed by atoms with Crippen LogP contribution in [-0.4, -0.2) is 52.2 Å². The van der Waals surface area contributed by atoms with Crippen LogP contribution < -0.4 is 14.8 Å². The summed E-state index contributed by atoms with van der Waals surface area (Å²) in [4.78, 5) is 23.1. The Labute approximate surface area is 217 Å². The Hall–Kier alpha value is -3.92. The summed E-state index contributed by atoms with van der Waals surface area (Å²) < 4.78 is 31.5. The molecule has 192 valence electrons. The molecule has 2 aromatic heterocycles. The summed E-state index contributed by atoms with van der Waals surface area (Å²) in [6.07, 6.45) is 2.84. The van der Waals surface area contributed by atoms with Gasteiger partial charge in [-0.1, -0.05) is 22.8 Å². The molecule has 1 aliphatic rings. The first-order valence-corrected chi connectivity index (χ1v) is 12.2. The molecule has 0 spiro atoms. The van der Waals surface area contributed by atoms with Crippen LogP contribution in [0.2, 0.25) is 5.02 Å². The molecule has 1 amide bonds. The number of piperidine rings is 1. The van der Waals surface area contributed by atoms with Gasteiger partial charge in [-0.3, -0.25) is 4.79 Å². The molecule has 0 radical (unpaired) electrons. The number of hydrogen-bond acceptors (Lipinski definition) is 8. The number of nitrogens with zero attached hydrogens (tertiary/aromatic N) is 4. The summed E-state index contributed by atoms with van der Waals surface area (Å²) in [7, 11) is 1.55. The van der Waals surface area contributed by atoms with Crippen LogP contribution in [0.25, 0.3) is 10.9 Å². The fourth-order valence-electron chi connectivity index (χ4n) is 4.31. The van der Waals surface area contributed by atoms with Crippen molar-refractivity contribution in [3.63, 3.8) is 0 Å². The highest BCUT2D eigenvalue weighted by atomic mass is 35.5. The minimum Gasteiger partial charge on any atom is -0.493 e. The first-order valence-electron chi connectivity index (χ1n) is 11.8. The Kier molecular flexibility index (Phi) is 7.09. The van der Waals surface area contributed by atoms with Crippen molar-refractivity contribution < 1.29 is 23.2 Å². The van der Waals surface area contributed by atoms with Gasteiger partial charge in [0.25, 0.3) is 0 Å². The van der Waals surface area contributed by atoms with Gasteiger partial charge in [0.1, 0.15) is 24.0 Å². The molecule has 1 aliphatic heterocycles. The van der Waals surface area contributed by atoms with Crippen LogP contribution in [0.4, 0.5) is 15.9 Å². The van der Waals surface area contributed by atoms with Crippen molar-refractivity contribution in [1.29, 1.82) is 0 Å². The number of likely N-dealkylation sites (tertiary alicyclic amines) is 1. The predicted octanol–water partition coefficient (Wildman–Crippen LogP) is 5.08. The fourth-order valence-corrected chi connectivity index (χ4v) is 4.48. The maximum absolute atomic E-state index is 14.4. The first-order chi connectivity index (χ1) is 17.9. The van der Waals surface area contributed by atoms with Crippen LogP contribution in [0.5, 0.6) is 11.5 Å². The maximum Gasteiger partial charge on any atom is 0.230 e. The van der Waals surface area contributed by atoms with E-state index in [1.165, 1.54) is 12.4 Å². The van der Waals surface area contributed by atoms with Crippen molar-refractivity contribution in [3.05, 3.63) is 65.0 Å². The molecular formula is C26H25ClFN5O4. The number of halogens is 2. The number of amides is 1. The van der Waals surface area contributed by atoms with Crippen molar-refractivity contribution in [2.45, 2.75) is 32.3 Å². The van der Waals surface area contributed by atoms with Crippen molar-refractivity contribution in [2.75, 3.05) is 25.5 Å². The number of carbonyl (C=O) groups is 1.